The van der Waals surface area contributed by atoms with Crippen LogP contribution < -0.4 is 10.1 Å². The van der Waals surface area contributed by atoms with Crippen LogP contribution in [0.1, 0.15) is 72.3 Å². The molecule has 0 unspecified atom stereocenters. The minimum absolute atomic E-state index is 0.00973. The summed E-state index contributed by atoms with van der Waals surface area (Å²) >= 11 is 0. The molecule has 3 aliphatic carbocycles. The number of ether oxygens (including phenoxy) is 1. The SMILES string of the molecule is Cc1ncccc1C(=O)NC12CCC(CCN3CCc4ccc(OCC(F)F)nc4CC3)(CC1)CC2. The number of pyridine rings is 2. The van der Waals surface area contributed by atoms with Gasteiger partial charge in [0.1, 0.15) is 0 Å². The number of aromatic nitrogens is 2. The van der Waals surface area contributed by atoms with Crippen molar-refractivity contribution < 1.29 is 18.3 Å². The number of halogens is 2. The zero-order chi connectivity index (χ0) is 25.2. The summed E-state index contributed by atoms with van der Waals surface area (Å²) in [4.78, 5) is 24.2. The monoisotopic (exact) mass is 498 g/mol. The van der Waals surface area contributed by atoms with E-state index >= 15 is 0 Å². The zero-order valence-corrected chi connectivity index (χ0v) is 21.1. The molecule has 3 heterocycles. The van der Waals surface area contributed by atoms with E-state index in [-0.39, 0.29) is 11.4 Å². The standard InChI is InChI=1S/C28H36F2N4O2/c1-20-22(3-2-15-31-20)26(35)33-28-11-8-27(9-12-28,10-13-28)14-18-34-16-6-21-4-5-25(36-19-24(29)30)32-23(21)7-17-34/h2-5,15,24H,6-14,16-19H2,1H3,(H,33,35). The van der Waals surface area contributed by atoms with E-state index < -0.39 is 13.0 Å². The van der Waals surface area contributed by atoms with Crippen LogP contribution in [-0.4, -0.2) is 59.0 Å². The van der Waals surface area contributed by atoms with Crippen LogP contribution in [-0.2, 0) is 12.8 Å². The van der Waals surface area contributed by atoms with E-state index in [9.17, 15) is 13.6 Å². The van der Waals surface area contributed by atoms with Crippen molar-refractivity contribution in [2.45, 2.75) is 76.7 Å². The Morgan fingerprint density at radius 2 is 1.86 bits per heavy atom. The van der Waals surface area contributed by atoms with Crippen molar-refractivity contribution in [1.29, 1.82) is 0 Å². The molecule has 4 aliphatic rings. The van der Waals surface area contributed by atoms with Gasteiger partial charge in [-0.15, -0.1) is 0 Å². The smallest absolute Gasteiger partial charge is 0.272 e. The van der Waals surface area contributed by atoms with Crippen LogP contribution in [0, 0.1) is 12.3 Å². The van der Waals surface area contributed by atoms with E-state index in [0.29, 0.717) is 16.9 Å². The minimum Gasteiger partial charge on any atom is -0.472 e. The highest BCUT2D eigenvalue weighted by atomic mass is 19.3. The van der Waals surface area contributed by atoms with E-state index in [1.54, 1.807) is 12.3 Å². The molecule has 0 atom stereocenters. The maximum absolute atomic E-state index is 12.9. The Labute approximate surface area is 211 Å². The van der Waals surface area contributed by atoms with Crippen LogP contribution in [0.5, 0.6) is 5.88 Å². The van der Waals surface area contributed by atoms with Gasteiger partial charge in [-0.25, -0.2) is 13.8 Å². The normalized spacial score (nSPS) is 25.9. The van der Waals surface area contributed by atoms with Crippen LogP contribution in [0.3, 0.4) is 0 Å². The van der Waals surface area contributed by atoms with E-state index in [1.165, 1.54) is 31.2 Å². The van der Waals surface area contributed by atoms with E-state index in [2.05, 4.69) is 20.2 Å². The largest absolute Gasteiger partial charge is 0.472 e. The Kier molecular flexibility index (Phi) is 7.24. The second-order valence-electron chi connectivity index (χ2n) is 10.9. The summed E-state index contributed by atoms with van der Waals surface area (Å²) in [6.07, 6.45) is 8.81. The number of carbonyl (C=O) groups is 1. The van der Waals surface area contributed by atoms with Gasteiger partial charge in [-0.1, -0.05) is 6.07 Å². The second kappa shape index (κ2) is 10.4. The number of nitrogens with zero attached hydrogens (tertiary/aromatic N) is 3. The topological polar surface area (TPSA) is 67.4 Å². The predicted octanol–water partition coefficient (Wildman–Crippen LogP) is 4.74. The van der Waals surface area contributed by atoms with Crippen molar-refractivity contribution in [2.75, 3.05) is 26.2 Å². The molecule has 3 fully saturated rings. The van der Waals surface area contributed by atoms with Crippen LogP contribution in [0.25, 0.3) is 0 Å². The number of rotatable bonds is 8. The van der Waals surface area contributed by atoms with Crippen molar-refractivity contribution in [3.05, 3.63) is 53.0 Å². The Hall–Kier alpha value is -2.61. The van der Waals surface area contributed by atoms with Crippen molar-refractivity contribution in [1.82, 2.24) is 20.2 Å². The number of hydrogen-bond donors (Lipinski definition) is 1. The highest BCUT2D eigenvalue weighted by molar-refractivity contribution is 5.95. The fourth-order valence-corrected chi connectivity index (χ4v) is 6.31. The van der Waals surface area contributed by atoms with Gasteiger partial charge in [-0.3, -0.25) is 9.78 Å². The van der Waals surface area contributed by atoms with E-state index in [1.807, 2.05) is 25.1 Å². The Balaban J connectivity index is 1.12. The molecule has 0 saturated heterocycles. The lowest BCUT2D eigenvalue weighted by molar-refractivity contribution is 0.0108. The summed E-state index contributed by atoms with van der Waals surface area (Å²) in [5.74, 6) is 0.301. The van der Waals surface area contributed by atoms with Crippen molar-refractivity contribution in [3.63, 3.8) is 0 Å². The molecule has 3 saturated carbocycles. The number of carbonyl (C=O) groups excluding carboxylic acids is 1. The fourth-order valence-electron chi connectivity index (χ4n) is 6.31. The lowest BCUT2D eigenvalue weighted by Gasteiger charge is -2.54. The van der Waals surface area contributed by atoms with Crippen molar-refractivity contribution in [3.8, 4) is 5.88 Å². The highest BCUT2D eigenvalue weighted by Crippen LogP contribution is 2.54. The van der Waals surface area contributed by atoms with Crippen LogP contribution in [0.2, 0.25) is 0 Å². The Bertz CT molecular complexity index is 1070. The lowest BCUT2D eigenvalue weighted by Crippen LogP contribution is -2.57. The van der Waals surface area contributed by atoms with Gasteiger partial charge in [0.05, 0.1) is 5.56 Å². The molecule has 2 aromatic rings. The summed E-state index contributed by atoms with van der Waals surface area (Å²) in [5.41, 5.74) is 3.94. The molecule has 6 rings (SSSR count). The van der Waals surface area contributed by atoms with E-state index in [4.69, 9.17) is 4.74 Å². The van der Waals surface area contributed by atoms with Crippen molar-refractivity contribution in [2.24, 2.45) is 5.41 Å². The molecule has 1 amide bonds. The first-order valence-corrected chi connectivity index (χ1v) is 13.2. The first-order valence-electron chi connectivity index (χ1n) is 13.2. The third-order valence-electron chi connectivity index (χ3n) is 8.75. The molecule has 1 aliphatic heterocycles. The summed E-state index contributed by atoms with van der Waals surface area (Å²) in [5, 5.41) is 3.39. The molecule has 6 nitrogen and oxygen atoms in total. The molecule has 2 aromatic heterocycles. The number of hydrogen-bond acceptors (Lipinski definition) is 5. The summed E-state index contributed by atoms with van der Waals surface area (Å²) < 4.78 is 30.0. The first kappa shape index (κ1) is 25.1. The molecule has 36 heavy (non-hydrogen) atoms. The minimum atomic E-state index is -2.49. The maximum atomic E-state index is 12.9. The Morgan fingerprint density at radius 3 is 2.58 bits per heavy atom. The quantitative estimate of drug-likeness (QED) is 0.569. The molecule has 0 aromatic carbocycles. The van der Waals surface area contributed by atoms with Crippen LogP contribution in [0.4, 0.5) is 8.78 Å². The lowest BCUT2D eigenvalue weighted by atomic mass is 9.56. The molecule has 1 N–H and O–H groups in total. The molecule has 0 spiro atoms. The number of amides is 1. The number of fused-ring (bicyclic) bond motifs is 4. The van der Waals surface area contributed by atoms with Gasteiger partial charge in [-0.05, 0) is 87.9 Å². The molecule has 8 heteroatoms. The van der Waals surface area contributed by atoms with Gasteiger partial charge >= 0.3 is 0 Å². The van der Waals surface area contributed by atoms with Gasteiger partial charge in [-0.2, -0.15) is 0 Å². The average molecular weight is 499 g/mol. The molecular formula is C28H36F2N4O2. The van der Waals surface area contributed by atoms with E-state index in [0.717, 1.165) is 63.1 Å². The maximum Gasteiger partial charge on any atom is 0.272 e. The molecule has 0 radical (unpaired) electrons. The second-order valence-corrected chi connectivity index (χ2v) is 10.9. The summed E-state index contributed by atoms with van der Waals surface area (Å²) in [6.45, 7) is 4.26. The van der Waals surface area contributed by atoms with Gasteiger partial charge < -0.3 is 15.0 Å². The first-order chi connectivity index (χ1) is 17.4. The average Bonchev–Trinajstić information content (AvgIpc) is 3.09. The fraction of sp³-hybridized carbons (Fsp3) is 0.607. The summed E-state index contributed by atoms with van der Waals surface area (Å²) in [7, 11) is 0. The number of alkyl halides is 2. The zero-order valence-electron chi connectivity index (χ0n) is 21.1. The highest BCUT2D eigenvalue weighted by Gasteiger charge is 2.49. The van der Waals surface area contributed by atoms with Gasteiger partial charge in [0.25, 0.3) is 12.3 Å². The van der Waals surface area contributed by atoms with Crippen molar-refractivity contribution >= 4 is 5.91 Å². The van der Waals surface area contributed by atoms with Gasteiger partial charge in [0, 0.05) is 48.7 Å². The van der Waals surface area contributed by atoms with Gasteiger partial charge in [0.15, 0.2) is 6.61 Å². The number of nitrogens with one attached hydrogen (secondary N) is 1. The van der Waals surface area contributed by atoms with Crippen LogP contribution in [0.15, 0.2) is 30.5 Å². The number of aryl methyl sites for hydroxylation is 1. The van der Waals surface area contributed by atoms with Gasteiger partial charge in [0.2, 0.25) is 5.88 Å². The third-order valence-corrected chi connectivity index (χ3v) is 8.75. The third kappa shape index (κ3) is 5.53. The summed E-state index contributed by atoms with van der Waals surface area (Å²) in [6, 6.07) is 7.37. The molecule has 194 valence electrons. The predicted molar refractivity (Wildman–Crippen MR) is 134 cm³/mol. The molecule has 2 bridgehead atoms. The van der Waals surface area contributed by atoms with Crippen LogP contribution >= 0.6 is 0 Å². The Morgan fingerprint density at radius 1 is 1.11 bits per heavy atom. The molecular weight excluding hydrogens is 462 g/mol.